The van der Waals surface area contributed by atoms with Crippen LogP contribution in [0, 0.1) is 29.2 Å². The molecule has 9 aromatic rings. The van der Waals surface area contributed by atoms with Crippen LogP contribution in [0.3, 0.4) is 0 Å². The summed E-state index contributed by atoms with van der Waals surface area (Å²) in [5, 5.41) is 18.5. The van der Waals surface area contributed by atoms with Gasteiger partial charge in [0.25, 0.3) is 0 Å². The number of rotatable bonds is 11. The number of hydrogen-bond acceptors (Lipinski definition) is 6. The summed E-state index contributed by atoms with van der Waals surface area (Å²) in [6.45, 7) is 3.92. The Morgan fingerprint density at radius 2 is 1.02 bits per heavy atom. The van der Waals surface area contributed by atoms with Crippen LogP contribution in [0.4, 0.5) is 17.6 Å². The molecule has 0 spiro atoms. The molecule has 0 unspecified atom stereocenters. The molecule has 10 rings (SSSR count). The van der Waals surface area contributed by atoms with Crippen molar-refractivity contribution in [1.29, 1.82) is 0 Å². The highest BCUT2D eigenvalue weighted by Gasteiger charge is 2.18. The molecule has 0 atom stereocenters. The van der Waals surface area contributed by atoms with Gasteiger partial charge in [-0.2, -0.15) is 15.3 Å². The van der Waals surface area contributed by atoms with E-state index in [1.807, 2.05) is 35.5 Å². The van der Waals surface area contributed by atoms with Gasteiger partial charge in [0.2, 0.25) is 11.8 Å². The van der Waals surface area contributed by atoms with Crippen molar-refractivity contribution in [2.45, 2.75) is 32.5 Å². The number of benzene rings is 3. The van der Waals surface area contributed by atoms with E-state index in [1.54, 1.807) is 40.2 Å². The Hall–Kier alpha value is -7.47. The van der Waals surface area contributed by atoms with Gasteiger partial charge in [0, 0.05) is 161 Å². The Bertz CT molecular complexity index is 2990. The number of nitrogens with one attached hydrogen (secondary N) is 4. The summed E-state index contributed by atoms with van der Waals surface area (Å²) in [7, 11) is 0. The molecular weight excluding hydrogens is 793 g/mol. The first-order valence-electron chi connectivity index (χ1n) is 19.3. The van der Waals surface area contributed by atoms with Crippen molar-refractivity contribution >= 4 is 44.5 Å². The summed E-state index contributed by atoms with van der Waals surface area (Å²) < 4.78 is 58.1. The molecule has 2 amide bonds. The summed E-state index contributed by atoms with van der Waals surface area (Å²) in [5.74, 6) is -2.37. The van der Waals surface area contributed by atoms with E-state index in [4.69, 9.17) is 11.5 Å². The largest absolute Gasteiger partial charge is 0.370 e. The molecular formula is C43H40F4N12O2. The highest BCUT2D eigenvalue weighted by Crippen LogP contribution is 2.31. The summed E-state index contributed by atoms with van der Waals surface area (Å²) in [5.41, 5.74) is 17.7. The third kappa shape index (κ3) is 9.23. The van der Waals surface area contributed by atoms with Gasteiger partial charge in [-0.15, -0.1) is 0 Å². The number of H-pyrrole nitrogens is 3. The molecule has 6 aromatic heterocycles. The van der Waals surface area contributed by atoms with Crippen LogP contribution in [0.5, 0.6) is 0 Å². The molecule has 1 saturated heterocycles. The fourth-order valence-electron chi connectivity index (χ4n) is 7.07. The molecule has 312 valence electrons. The minimum Gasteiger partial charge on any atom is -0.370 e. The Morgan fingerprint density at radius 3 is 1.48 bits per heavy atom. The number of carbonyl (C=O) groups is 2. The van der Waals surface area contributed by atoms with E-state index < -0.39 is 17.5 Å². The highest BCUT2D eigenvalue weighted by atomic mass is 19.2. The molecule has 1 aliphatic rings. The molecule has 0 bridgehead atoms. The van der Waals surface area contributed by atoms with E-state index in [0.717, 1.165) is 81.4 Å². The maximum atomic E-state index is 13.4. The van der Waals surface area contributed by atoms with Crippen LogP contribution in [-0.4, -0.2) is 69.2 Å². The summed E-state index contributed by atoms with van der Waals surface area (Å²) in [6.07, 6.45) is 16.7. The summed E-state index contributed by atoms with van der Waals surface area (Å²) in [4.78, 5) is 30.6. The predicted molar refractivity (Wildman–Crippen MR) is 222 cm³/mol. The minimum atomic E-state index is -0.899. The Balaban J connectivity index is 0.000000126. The van der Waals surface area contributed by atoms with Gasteiger partial charge in [-0.25, -0.2) is 17.6 Å². The molecule has 0 saturated carbocycles. The third-order valence-electron chi connectivity index (χ3n) is 10.3. The van der Waals surface area contributed by atoms with Gasteiger partial charge in [0.1, 0.15) is 11.6 Å². The van der Waals surface area contributed by atoms with E-state index in [0.29, 0.717) is 35.5 Å². The van der Waals surface area contributed by atoms with Gasteiger partial charge in [-0.3, -0.25) is 23.6 Å². The highest BCUT2D eigenvalue weighted by molar-refractivity contribution is 5.97. The van der Waals surface area contributed by atoms with E-state index >= 15 is 0 Å². The summed E-state index contributed by atoms with van der Waals surface area (Å²) in [6, 6.07) is 11.7. The van der Waals surface area contributed by atoms with Crippen molar-refractivity contribution in [3.05, 3.63) is 128 Å². The molecule has 0 radical (unpaired) electrons. The zero-order valence-corrected chi connectivity index (χ0v) is 32.5. The standard InChI is InChI=1S/C15H15FN4.C14H12F2N4O.C14H13FN4O/c16-12-1-2-13-14(7-18-15(13)3-12)11-6-19-20(9-11)8-10-4-17-5-10;15-11-3-9-10(6-18-13(9)4-12(11)16)8-5-19-20(7-8)2-1-14(17)21;15-10-1-2-11-12(7-17-13(11)5-10)9-6-18-19(8-9)4-3-14(16)20/h1-3,6-7,9-10,17-18H,4-5,8H2;3-7,18H,1-2H2,(H2,17,21);1-2,5-8,17H,3-4H2,(H2,16,20). The molecule has 0 aliphatic carbocycles. The number of aromatic nitrogens is 9. The number of nitrogens with two attached hydrogens (primary N) is 2. The second-order valence-corrected chi connectivity index (χ2v) is 14.7. The average molecular weight is 833 g/mol. The third-order valence-corrected chi connectivity index (χ3v) is 10.3. The quantitative estimate of drug-likeness (QED) is 0.0792. The number of aromatic amines is 3. The van der Waals surface area contributed by atoms with Gasteiger partial charge in [-0.05, 0) is 42.5 Å². The van der Waals surface area contributed by atoms with Crippen molar-refractivity contribution in [3.63, 3.8) is 0 Å². The van der Waals surface area contributed by atoms with Gasteiger partial charge < -0.3 is 31.7 Å². The van der Waals surface area contributed by atoms with Gasteiger partial charge in [0.15, 0.2) is 11.6 Å². The van der Waals surface area contributed by atoms with Crippen LogP contribution in [-0.2, 0) is 29.2 Å². The van der Waals surface area contributed by atoms with Crippen LogP contribution >= 0.6 is 0 Å². The number of fused-ring (bicyclic) bond motifs is 3. The monoisotopic (exact) mass is 832 g/mol. The number of aryl methyl sites for hydroxylation is 2. The van der Waals surface area contributed by atoms with Gasteiger partial charge >= 0.3 is 0 Å². The molecule has 61 heavy (non-hydrogen) atoms. The lowest BCUT2D eigenvalue weighted by molar-refractivity contribution is -0.119. The first-order chi connectivity index (χ1) is 29.5. The second kappa shape index (κ2) is 17.4. The average Bonchev–Trinajstić information content (AvgIpc) is 4.08. The fourth-order valence-corrected chi connectivity index (χ4v) is 7.07. The summed E-state index contributed by atoms with van der Waals surface area (Å²) >= 11 is 0. The van der Waals surface area contributed by atoms with Crippen LogP contribution in [0.15, 0.2) is 104 Å². The number of nitrogens with zero attached hydrogens (tertiary/aromatic N) is 6. The molecule has 3 aromatic carbocycles. The zero-order chi connectivity index (χ0) is 42.6. The van der Waals surface area contributed by atoms with Crippen molar-refractivity contribution in [3.8, 4) is 33.4 Å². The first-order valence-corrected chi connectivity index (χ1v) is 19.3. The molecule has 1 fully saturated rings. The predicted octanol–water partition coefficient (Wildman–Crippen LogP) is 6.62. The maximum absolute atomic E-state index is 13.4. The normalized spacial score (nSPS) is 12.6. The molecule has 8 N–H and O–H groups in total. The van der Waals surface area contributed by atoms with Crippen molar-refractivity contribution in [2.75, 3.05) is 13.1 Å². The van der Waals surface area contributed by atoms with E-state index in [2.05, 4.69) is 41.8 Å². The molecule has 1 aliphatic heterocycles. The maximum Gasteiger partial charge on any atom is 0.219 e. The molecule has 14 nitrogen and oxygen atoms in total. The van der Waals surface area contributed by atoms with Gasteiger partial charge in [-0.1, -0.05) is 0 Å². The van der Waals surface area contributed by atoms with Crippen LogP contribution < -0.4 is 16.8 Å². The van der Waals surface area contributed by atoms with Crippen molar-refractivity contribution in [1.82, 2.24) is 49.6 Å². The van der Waals surface area contributed by atoms with E-state index in [1.165, 1.54) is 24.3 Å². The first kappa shape index (κ1) is 40.3. The lowest BCUT2D eigenvalue weighted by atomic mass is 10.0. The van der Waals surface area contributed by atoms with E-state index in [-0.39, 0.29) is 30.4 Å². The Morgan fingerprint density at radius 1 is 0.590 bits per heavy atom. The zero-order valence-electron chi connectivity index (χ0n) is 32.5. The Kier molecular flexibility index (Phi) is 11.5. The topological polar surface area (TPSA) is 199 Å². The molecule has 7 heterocycles. The number of primary amides is 2. The lowest BCUT2D eigenvalue weighted by Gasteiger charge is -2.26. The lowest BCUT2D eigenvalue weighted by Crippen LogP contribution is -2.44. The number of hydrogen-bond donors (Lipinski definition) is 6. The van der Waals surface area contributed by atoms with Crippen molar-refractivity contribution < 1.29 is 27.2 Å². The van der Waals surface area contributed by atoms with E-state index in [9.17, 15) is 27.2 Å². The van der Waals surface area contributed by atoms with Crippen LogP contribution in [0.1, 0.15) is 12.8 Å². The second-order valence-electron chi connectivity index (χ2n) is 14.7. The Labute approximate surface area is 344 Å². The van der Waals surface area contributed by atoms with Gasteiger partial charge in [0.05, 0.1) is 18.6 Å². The number of amides is 2. The SMILES string of the molecule is Fc1ccc2c(-c3cnn(CC4CNC4)c3)c[nH]c2c1.NC(=O)CCn1cc(-c2c[nH]c3cc(F)c(F)cc23)cn1.NC(=O)CCn1cc(-c2c[nH]c3cc(F)ccc23)cn1. The smallest absolute Gasteiger partial charge is 0.219 e. The minimum absolute atomic E-state index is 0.189. The van der Waals surface area contributed by atoms with Crippen LogP contribution in [0.2, 0.25) is 0 Å². The molecule has 18 heteroatoms. The van der Waals surface area contributed by atoms with Crippen LogP contribution in [0.25, 0.3) is 66.1 Å². The van der Waals surface area contributed by atoms with Crippen molar-refractivity contribution in [2.24, 2.45) is 17.4 Å². The number of halogens is 4. The number of carbonyl (C=O) groups excluding carboxylic acids is 2. The fraction of sp³-hybridized carbons (Fsp3) is 0.186.